The summed E-state index contributed by atoms with van der Waals surface area (Å²) in [5.41, 5.74) is 2.45. The lowest BCUT2D eigenvalue weighted by Crippen LogP contribution is -2.47. The molecule has 0 spiro atoms. The number of fused-ring (bicyclic) bond motifs is 1. The van der Waals surface area contributed by atoms with Crippen molar-refractivity contribution < 1.29 is 40.3 Å². The zero-order valence-corrected chi connectivity index (χ0v) is 19.3. The lowest BCUT2D eigenvalue weighted by molar-refractivity contribution is -0.159. The van der Waals surface area contributed by atoms with Crippen molar-refractivity contribution in [3.63, 3.8) is 0 Å². The quantitative estimate of drug-likeness (QED) is 0.490. The van der Waals surface area contributed by atoms with E-state index in [9.17, 15) is 35.9 Å². The predicted molar refractivity (Wildman–Crippen MR) is 118 cm³/mol. The van der Waals surface area contributed by atoms with E-state index < -0.39 is 95.3 Å². The van der Waals surface area contributed by atoms with Gasteiger partial charge in [0.05, 0.1) is 29.4 Å². The van der Waals surface area contributed by atoms with Crippen LogP contribution in [-0.4, -0.2) is 62.5 Å². The van der Waals surface area contributed by atoms with Gasteiger partial charge >= 0.3 is 6.18 Å². The number of carbonyl (C=O) groups excluding carboxylic acids is 2. The highest BCUT2D eigenvalue weighted by molar-refractivity contribution is 5.96. The van der Waals surface area contributed by atoms with E-state index in [0.717, 1.165) is 27.9 Å². The van der Waals surface area contributed by atoms with Crippen LogP contribution < -0.4 is 11.1 Å². The zero-order chi connectivity index (χ0) is 27.6. The fraction of sp³-hybridized carbons (Fsp3) is 0.391. The molecule has 1 saturated heterocycles. The maximum atomic E-state index is 15.5. The molecule has 0 bridgehead atoms. The van der Waals surface area contributed by atoms with Crippen LogP contribution in [-0.2, 0) is 11.0 Å². The molecule has 1 aliphatic carbocycles. The van der Waals surface area contributed by atoms with Gasteiger partial charge in [-0.25, -0.2) is 27.1 Å². The van der Waals surface area contributed by atoms with Gasteiger partial charge < -0.3 is 16.0 Å². The second kappa shape index (κ2) is 8.84. The van der Waals surface area contributed by atoms with E-state index in [4.69, 9.17) is 5.73 Å². The second-order valence-electron chi connectivity index (χ2n) is 9.31. The van der Waals surface area contributed by atoms with Crippen molar-refractivity contribution in [3.8, 4) is 11.3 Å². The Morgan fingerprint density at radius 2 is 1.87 bits per heavy atom. The maximum Gasteiger partial charge on any atom is 0.418 e. The van der Waals surface area contributed by atoms with Gasteiger partial charge in [0, 0.05) is 30.9 Å². The summed E-state index contributed by atoms with van der Waals surface area (Å²) in [6, 6.07) is 2.80. The van der Waals surface area contributed by atoms with E-state index in [2.05, 4.69) is 15.4 Å². The number of amides is 2. The summed E-state index contributed by atoms with van der Waals surface area (Å²) in [4.78, 5) is 29.8. The Kier molecular flexibility index (Phi) is 5.98. The largest absolute Gasteiger partial charge is 0.418 e. The molecule has 38 heavy (non-hydrogen) atoms. The number of halogens is 7. The van der Waals surface area contributed by atoms with Gasteiger partial charge in [-0.1, -0.05) is 6.07 Å². The van der Waals surface area contributed by atoms with Crippen LogP contribution in [0.4, 0.5) is 36.6 Å². The van der Waals surface area contributed by atoms with Crippen molar-refractivity contribution >= 4 is 23.1 Å². The first-order valence-corrected chi connectivity index (χ1v) is 11.4. The van der Waals surface area contributed by atoms with Crippen molar-refractivity contribution in [3.05, 3.63) is 47.5 Å². The van der Waals surface area contributed by atoms with Crippen LogP contribution in [0.5, 0.6) is 0 Å². The molecule has 3 heterocycles. The van der Waals surface area contributed by atoms with Gasteiger partial charge in [0.25, 0.3) is 5.91 Å². The smallest absolute Gasteiger partial charge is 0.382 e. The summed E-state index contributed by atoms with van der Waals surface area (Å²) in [6.07, 6.45) is -6.98. The Balaban J connectivity index is 1.39. The van der Waals surface area contributed by atoms with Gasteiger partial charge in [0.1, 0.15) is 23.8 Å². The molecule has 0 radical (unpaired) electrons. The van der Waals surface area contributed by atoms with E-state index in [1.165, 1.54) is 6.07 Å². The normalized spacial score (nSPS) is 21.5. The second-order valence-corrected chi connectivity index (χ2v) is 9.31. The molecule has 3 aromatic rings. The van der Waals surface area contributed by atoms with Crippen LogP contribution in [0.3, 0.4) is 0 Å². The highest BCUT2D eigenvalue weighted by Crippen LogP contribution is 2.43. The number of nitrogens with one attached hydrogen (secondary N) is 1. The number of nitrogens with two attached hydrogens (primary N) is 1. The molecular weight excluding hydrogens is 525 g/mol. The number of hydrogen-bond acceptors (Lipinski definition) is 5. The lowest BCUT2D eigenvalue weighted by atomic mass is 9.80. The van der Waals surface area contributed by atoms with Crippen molar-refractivity contribution in [2.75, 3.05) is 18.8 Å². The third-order valence-electron chi connectivity index (χ3n) is 6.72. The van der Waals surface area contributed by atoms with E-state index >= 15 is 4.39 Å². The van der Waals surface area contributed by atoms with Gasteiger partial charge in [-0.15, -0.1) is 0 Å². The summed E-state index contributed by atoms with van der Waals surface area (Å²) in [7, 11) is 0. The third-order valence-corrected chi connectivity index (χ3v) is 6.72. The average molecular weight is 544 g/mol. The first-order chi connectivity index (χ1) is 17.8. The predicted octanol–water partition coefficient (Wildman–Crippen LogP) is 3.46. The monoisotopic (exact) mass is 544 g/mol. The minimum atomic E-state index is -4.87. The number of benzene rings is 1. The van der Waals surface area contributed by atoms with Crippen LogP contribution in [0, 0.1) is 11.7 Å². The lowest BCUT2D eigenvalue weighted by Gasteiger charge is -2.36. The van der Waals surface area contributed by atoms with Crippen molar-refractivity contribution in [2.45, 2.75) is 37.2 Å². The molecule has 8 nitrogen and oxygen atoms in total. The molecule has 2 fully saturated rings. The molecular formula is C23H19F7N6O2. The number of carbonyl (C=O) groups is 2. The molecule has 2 aromatic heterocycles. The number of likely N-dealkylation sites (tertiary alicyclic amines) is 1. The fourth-order valence-corrected chi connectivity index (χ4v) is 4.80. The molecule has 5 rings (SSSR count). The van der Waals surface area contributed by atoms with Crippen LogP contribution >= 0.6 is 0 Å². The van der Waals surface area contributed by atoms with E-state index in [0.29, 0.717) is 6.07 Å². The Labute approximate surface area is 209 Å². The van der Waals surface area contributed by atoms with E-state index in [1.54, 1.807) is 0 Å². The minimum absolute atomic E-state index is 0.302. The summed E-state index contributed by atoms with van der Waals surface area (Å²) in [6.45, 7) is -0.727. The van der Waals surface area contributed by atoms with E-state index in [-0.39, 0.29) is 12.2 Å². The maximum absolute atomic E-state index is 15.5. The molecule has 2 atom stereocenters. The highest BCUT2D eigenvalue weighted by atomic mass is 19.4. The number of rotatable bonds is 4. The molecule has 3 N–H and O–H groups in total. The molecule has 0 unspecified atom stereocenters. The van der Waals surface area contributed by atoms with Crippen molar-refractivity contribution in [1.29, 1.82) is 0 Å². The Morgan fingerprint density at radius 3 is 2.53 bits per heavy atom. The molecule has 2 aliphatic rings. The highest BCUT2D eigenvalue weighted by Gasteiger charge is 2.51. The van der Waals surface area contributed by atoms with Crippen LogP contribution in [0.25, 0.3) is 16.8 Å². The Hall–Kier alpha value is -3.91. The Morgan fingerprint density at radius 1 is 1.16 bits per heavy atom. The van der Waals surface area contributed by atoms with Crippen LogP contribution in [0.15, 0.2) is 30.6 Å². The van der Waals surface area contributed by atoms with E-state index in [1.807, 2.05) is 0 Å². The molecule has 2 amide bonds. The van der Waals surface area contributed by atoms with Gasteiger partial charge in [-0.2, -0.15) is 18.3 Å². The van der Waals surface area contributed by atoms with Crippen molar-refractivity contribution in [2.24, 2.45) is 5.92 Å². The molecule has 1 saturated carbocycles. The van der Waals surface area contributed by atoms with Gasteiger partial charge in [0.2, 0.25) is 11.8 Å². The first kappa shape index (κ1) is 25.7. The average Bonchev–Trinajstić information content (AvgIpc) is 3.39. The van der Waals surface area contributed by atoms with Gasteiger partial charge in [-0.3, -0.25) is 9.59 Å². The minimum Gasteiger partial charge on any atom is -0.382 e. The first-order valence-electron chi connectivity index (χ1n) is 11.4. The van der Waals surface area contributed by atoms with Crippen LogP contribution in [0.1, 0.15) is 28.8 Å². The Bertz CT molecular complexity index is 1430. The number of hydrogen-bond donors (Lipinski definition) is 2. The standard InChI is InChI=1S/C23H19F7N6O2/c24-14-7-35(21(38)10-5-22(26,27)6-10)8-15(14)34-20(37)12-3-1-2-11(17(12)25)16-4-13(23(28,29)30)18-19(31)32-9-33-36(16)18/h1-4,9-10,14-15H,5-8H2,(H,34,37)(H2,31,32,33)/t14-,15+/m0/s1. The third kappa shape index (κ3) is 4.39. The molecule has 1 aromatic carbocycles. The number of aromatic nitrogens is 3. The number of anilines is 1. The number of nitrogen functional groups attached to an aromatic ring is 1. The van der Waals surface area contributed by atoms with Gasteiger partial charge in [-0.05, 0) is 18.2 Å². The topological polar surface area (TPSA) is 106 Å². The molecule has 15 heteroatoms. The van der Waals surface area contributed by atoms with Gasteiger partial charge in [0.15, 0.2) is 5.82 Å². The molecule has 1 aliphatic heterocycles. The summed E-state index contributed by atoms with van der Waals surface area (Å²) in [5, 5.41) is 6.03. The fourth-order valence-electron chi connectivity index (χ4n) is 4.80. The molecule has 202 valence electrons. The summed E-state index contributed by atoms with van der Waals surface area (Å²) >= 11 is 0. The van der Waals surface area contributed by atoms with Crippen molar-refractivity contribution in [1.82, 2.24) is 24.8 Å². The SMILES string of the molecule is Nc1ncnn2c(-c3cccc(C(=O)N[C@@H]4CN(C(=O)C5CC(F)(F)C5)C[C@@H]4F)c3F)cc(C(F)(F)F)c12. The zero-order valence-electron chi connectivity index (χ0n) is 19.3. The number of nitrogens with zero attached hydrogens (tertiary/aromatic N) is 4. The number of alkyl halides is 6. The summed E-state index contributed by atoms with van der Waals surface area (Å²) < 4.78 is 97.9. The van der Waals surface area contributed by atoms with Crippen LogP contribution in [0.2, 0.25) is 0 Å². The summed E-state index contributed by atoms with van der Waals surface area (Å²) in [5.74, 6) is -7.29.